The number of amides is 1. The van der Waals surface area contributed by atoms with Crippen molar-refractivity contribution in [3.05, 3.63) is 60.7 Å². The summed E-state index contributed by atoms with van der Waals surface area (Å²) in [6.07, 6.45) is 24.7. The minimum atomic E-state index is -1.25. The van der Waals surface area contributed by atoms with Gasteiger partial charge < -0.3 is 38.9 Å². The van der Waals surface area contributed by atoms with Gasteiger partial charge in [0.15, 0.2) is 0 Å². The Morgan fingerprint density at radius 2 is 1.67 bits per heavy atom. The number of aliphatic hydroxyl groups excluding tert-OH is 2. The first-order valence-corrected chi connectivity index (χ1v) is 22.8. The summed E-state index contributed by atoms with van der Waals surface area (Å²) in [7, 11) is 1.90. The van der Waals surface area contributed by atoms with Gasteiger partial charge in [0, 0.05) is 51.0 Å². The molecule has 1 saturated carbocycles. The van der Waals surface area contributed by atoms with Gasteiger partial charge >= 0.3 is 0 Å². The van der Waals surface area contributed by atoms with E-state index in [1.54, 1.807) is 12.2 Å². The number of allylic oxidation sites excluding steroid dienone is 1. The molecule has 4 aliphatic rings. The predicted molar refractivity (Wildman–Crippen MR) is 230 cm³/mol. The van der Waals surface area contributed by atoms with Crippen LogP contribution < -0.4 is 9.47 Å². The van der Waals surface area contributed by atoms with Crippen LogP contribution in [-0.2, 0) is 19.1 Å². The monoisotopic (exact) mass is 807 g/mol. The van der Waals surface area contributed by atoms with Crippen LogP contribution in [0.15, 0.2) is 60.3 Å². The second-order valence-corrected chi connectivity index (χ2v) is 16.9. The molecule has 1 aromatic rings. The second-order valence-electron chi connectivity index (χ2n) is 16.9. The summed E-state index contributed by atoms with van der Waals surface area (Å²) in [6, 6.07) is 5.51. The molecule has 2 aliphatic heterocycles. The molecule has 1 aromatic carbocycles. The number of unbranched alkanes of at least 4 members (excludes halogenated alkanes) is 10. The number of hydrogen-bond donors (Lipinski definition) is 2. The summed E-state index contributed by atoms with van der Waals surface area (Å²) in [5.41, 5.74) is 2.86. The standard InChI is InChI=1S/C48H74N2O8/c1-5-8-9-10-11-12-13-14-15-24-44(53)50(4)43-35-41(49-58-45-25-18-21-32-55-45)39-33-36(22-16-19-28-51)38(23-17-20-29-52)46-40-34-37(54-30-6-2)26-27-42(40)57-48(43,47(39)46)56-31-7-3/h6-7,26-27,33-34,36,38,43,45-47,51-52H,2-3,5,8-25,28-32,35H2,1,4H3. The van der Waals surface area contributed by atoms with Crippen molar-refractivity contribution in [3.63, 3.8) is 0 Å². The highest BCUT2D eigenvalue weighted by atomic mass is 16.8. The first-order chi connectivity index (χ1) is 28.4. The predicted octanol–water partition coefficient (Wildman–Crippen LogP) is 9.79. The molecule has 10 nitrogen and oxygen atoms in total. The lowest BCUT2D eigenvalue weighted by molar-refractivity contribution is -0.256. The van der Waals surface area contributed by atoms with E-state index in [1.165, 1.54) is 38.5 Å². The van der Waals surface area contributed by atoms with Crippen LogP contribution >= 0.6 is 0 Å². The molecule has 324 valence electrons. The number of hydrogen-bond acceptors (Lipinski definition) is 9. The Labute approximate surface area is 349 Å². The average molecular weight is 807 g/mol. The summed E-state index contributed by atoms with van der Waals surface area (Å²) in [4.78, 5) is 22.5. The minimum Gasteiger partial charge on any atom is -0.490 e. The molecule has 0 radical (unpaired) electrons. The molecule has 1 saturated heterocycles. The van der Waals surface area contributed by atoms with Crippen LogP contribution in [0.2, 0.25) is 0 Å². The topological polar surface area (TPSA) is 119 Å². The maximum Gasteiger partial charge on any atom is 0.239 e. The van der Waals surface area contributed by atoms with Crippen LogP contribution in [0.25, 0.3) is 0 Å². The largest absolute Gasteiger partial charge is 0.490 e. The summed E-state index contributed by atoms with van der Waals surface area (Å²) in [5.74, 6) is 0.114. The zero-order valence-corrected chi connectivity index (χ0v) is 35.8. The Bertz CT molecular complexity index is 1490. The molecule has 58 heavy (non-hydrogen) atoms. The van der Waals surface area contributed by atoms with Crippen LogP contribution in [-0.4, -0.2) is 84.9 Å². The van der Waals surface area contributed by atoms with E-state index < -0.39 is 18.1 Å². The molecule has 2 heterocycles. The van der Waals surface area contributed by atoms with Gasteiger partial charge in [0.05, 0.1) is 24.8 Å². The van der Waals surface area contributed by atoms with Crippen LogP contribution in [0.4, 0.5) is 0 Å². The fourth-order valence-corrected chi connectivity index (χ4v) is 9.83. The molecule has 0 aromatic heterocycles. The van der Waals surface area contributed by atoms with E-state index in [0.29, 0.717) is 32.5 Å². The van der Waals surface area contributed by atoms with E-state index in [4.69, 9.17) is 28.9 Å². The minimum absolute atomic E-state index is 0.0640. The fourth-order valence-electron chi connectivity index (χ4n) is 9.83. The lowest BCUT2D eigenvalue weighted by atomic mass is 9.55. The van der Waals surface area contributed by atoms with E-state index in [2.05, 4.69) is 32.2 Å². The lowest BCUT2D eigenvalue weighted by Gasteiger charge is -2.59. The highest BCUT2D eigenvalue weighted by Crippen LogP contribution is 2.62. The zero-order valence-electron chi connectivity index (χ0n) is 35.8. The maximum atomic E-state index is 14.3. The van der Waals surface area contributed by atoms with E-state index in [-0.39, 0.29) is 49.4 Å². The number of aliphatic hydroxyl groups is 2. The molecule has 7 atom stereocenters. The molecule has 0 bridgehead atoms. The van der Waals surface area contributed by atoms with Crippen molar-refractivity contribution in [1.82, 2.24) is 4.90 Å². The van der Waals surface area contributed by atoms with E-state index in [0.717, 1.165) is 99.0 Å². The third-order valence-electron chi connectivity index (χ3n) is 12.8. The molecular weight excluding hydrogens is 733 g/mol. The summed E-state index contributed by atoms with van der Waals surface area (Å²) in [6.45, 7) is 11.7. The number of benzene rings is 1. The van der Waals surface area contributed by atoms with Gasteiger partial charge in [-0.15, -0.1) is 6.58 Å². The van der Waals surface area contributed by atoms with Gasteiger partial charge in [0.2, 0.25) is 18.0 Å². The molecule has 0 spiro atoms. The SMILES string of the molecule is C=CCOc1ccc2c(c1)C1C(CCCCO)C(CCCCO)C=C3C(=NOC4CCCCO4)CC(N(C)C(=O)CCCCCCCCCCC)C(OCC=C)(O2)C31. The van der Waals surface area contributed by atoms with Gasteiger partial charge in [-0.1, -0.05) is 101 Å². The number of ether oxygens (including phenoxy) is 4. The maximum absolute atomic E-state index is 14.3. The first-order valence-electron chi connectivity index (χ1n) is 22.8. The number of carbonyl (C=O) groups is 1. The Morgan fingerprint density at radius 3 is 2.36 bits per heavy atom. The lowest BCUT2D eigenvalue weighted by Crippen LogP contribution is -2.69. The molecule has 1 amide bonds. The molecule has 7 unspecified atom stereocenters. The second kappa shape index (κ2) is 24.2. The Morgan fingerprint density at radius 1 is 0.948 bits per heavy atom. The quantitative estimate of drug-likeness (QED) is 0.0513. The van der Waals surface area contributed by atoms with Crippen molar-refractivity contribution in [1.29, 1.82) is 0 Å². The number of fused-ring (bicyclic) bond motifs is 2. The number of oxime groups is 1. The molecule has 2 N–H and O–H groups in total. The van der Waals surface area contributed by atoms with E-state index >= 15 is 0 Å². The summed E-state index contributed by atoms with van der Waals surface area (Å²) >= 11 is 0. The van der Waals surface area contributed by atoms with Crippen LogP contribution in [0, 0.1) is 17.8 Å². The average Bonchev–Trinajstić information content (AvgIpc) is 3.24. The normalized spacial score (nSPS) is 26.8. The number of likely N-dealkylation sites (N-methyl/N-ethyl adjacent to an activating group) is 1. The zero-order chi connectivity index (χ0) is 41.2. The molecule has 5 rings (SSSR count). The Balaban J connectivity index is 1.58. The van der Waals surface area contributed by atoms with Crippen LogP contribution in [0.5, 0.6) is 11.5 Å². The van der Waals surface area contributed by atoms with Gasteiger partial charge in [-0.25, -0.2) is 0 Å². The van der Waals surface area contributed by atoms with Crippen LogP contribution in [0.1, 0.15) is 147 Å². The highest BCUT2D eigenvalue weighted by Gasteiger charge is 2.65. The van der Waals surface area contributed by atoms with Gasteiger partial charge in [0.1, 0.15) is 24.1 Å². The van der Waals surface area contributed by atoms with Gasteiger partial charge in [-0.05, 0) is 80.6 Å². The van der Waals surface area contributed by atoms with Crippen molar-refractivity contribution in [3.8, 4) is 11.5 Å². The highest BCUT2D eigenvalue weighted by molar-refractivity contribution is 6.03. The first kappa shape index (κ1) is 45.9. The van der Waals surface area contributed by atoms with Crippen molar-refractivity contribution in [2.24, 2.45) is 22.9 Å². The Hall–Kier alpha value is -3.18. The van der Waals surface area contributed by atoms with Crippen molar-refractivity contribution in [2.75, 3.05) is 40.1 Å². The number of nitrogens with zero attached hydrogens (tertiary/aromatic N) is 2. The van der Waals surface area contributed by atoms with Crippen molar-refractivity contribution >= 4 is 11.6 Å². The molecule has 2 fully saturated rings. The van der Waals surface area contributed by atoms with Gasteiger partial charge in [0.25, 0.3) is 0 Å². The van der Waals surface area contributed by atoms with Crippen LogP contribution in [0.3, 0.4) is 0 Å². The third kappa shape index (κ3) is 11.8. The summed E-state index contributed by atoms with van der Waals surface area (Å²) < 4.78 is 26.4. The van der Waals surface area contributed by atoms with Gasteiger partial charge in [-0.2, -0.15) is 0 Å². The van der Waals surface area contributed by atoms with Crippen molar-refractivity contribution < 1.29 is 38.8 Å². The number of carbonyl (C=O) groups excluding carboxylic acids is 1. The third-order valence-corrected chi connectivity index (χ3v) is 12.8. The smallest absolute Gasteiger partial charge is 0.239 e. The Kier molecular flexibility index (Phi) is 19.1. The van der Waals surface area contributed by atoms with E-state index in [9.17, 15) is 15.0 Å². The fraction of sp³-hybridized carbons (Fsp3) is 0.708. The number of rotatable bonds is 27. The van der Waals surface area contributed by atoms with Gasteiger partial charge in [-0.3, -0.25) is 4.79 Å². The molecule has 2 aliphatic carbocycles. The van der Waals surface area contributed by atoms with E-state index in [1.807, 2.05) is 24.1 Å². The molecular formula is C48H74N2O8. The van der Waals surface area contributed by atoms with Crippen molar-refractivity contribution in [2.45, 2.75) is 159 Å². The summed E-state index contributed by atoms with van der Waals surface area (Å²) in [5, 5.41) is 24.7. The molecule has 10 heteroatoms.